The van der Waals surface area contributed by atoms with E-state index >= 15 is 0 Å². The predicted octanol–water partition coefficient (Wildman–Crippen LogP) is 4.31. The van der Waals surface area contributed by atoms with Crippen LogP contribution in [0.4, 0.5) is 5.69 Å². The molecule has 0 aliphatic rings. The van der Waals surface area contributed by atoms with Crippen LogP contribution in [0.3, 0.4) is 0 Å². The van der Waals surface area contributed by atoms with E-state index in [1.54, 1.807) is 0 Å². The molecule has 0 saturated carbocycles. The number of benzene rings is 1. The van der Waals surface area contributed by atoms with Gasteiger partial charge in [0.1, 0.15) is 23.1 Å². The maximum absolute atomic E-state index is 6.11. The third kappa shape index (κ3) is 4.04. The average Bonchev–Trinajstić information content (AvgIpc) is 2.69. The summed E-state index contributed by atoms with van der Waals surface area (Å²) in [4.78, 5) is 9.14. The van der Waals surface area contributed by atoms with E-state index in [0.717, 1.165) is 28.8 Å². The van der Waals surface area contributed by atoms with Gasteiger partial charge in [-0.05, 0) is 52.5 Å². The standard InChI is InChI=1S/C16H23N3OSi/c1-12-11-19(13(2)17-12)14(3)18-15-9-7-8-10-16(15)20-21(4,5)6/h7-11H,1-6H3. The summed E-state index contributed by atoms with van der Waals surface area (Å²) in [5, 5.41) is 0. The highest BCUT2D eigenvalue weighted by Crippen LogP contribution is 2.29. The van der Waals surface area contributed by atoms with Crippen molar-refractivity contribution in [2.45, 2.75) is 40.4 Å². The minimum absolute atomic E-state index is 0.852. The van der Waals surface area contributed by atoms with Crippen LogP contribution in [0, 0.1) is 13.8 Å². The van der Waals surface area contributed by atoms with Gasteiger partial charge in [0.25, 0.3) is 0 Å². The molecule has 0 saturated heterocycles. The SMILES string of the molecule is CC(=Nc1ccccc1O[Si](C)(C)C)n1cc(C)nc1C. The van der Waals surface area contributed by atoms with Gasteiger partial charge < -0.3 is 4.43 Å². The summed E-state index contributed by atoms with van der Waals surface area (Å²) in [6.45, 7) is 12.5. The lowest BCUT2D eigenvalue weighted by atomic mass is 10.3. The van der Waals surface area contributed by atoms with Gasteiger partial charge >= 0.3 is 0 Å². The van der Waals surface area contributed by atoms with Crippen LogP contribution in [0.1, 0.15) is 18.4 Å². The van der Waals surface area contributed by atoms with Crippen LogP contribution < -0.4 is 4.43 Å². The summed E-state index contributed by atoms with van der Waals surface area (Å²) in [7, 11) is -1.65. The highest BCUT2D eigenvalue weighted by atomic mass is 28.4. The van der Waals surface area contributed by atoms with E-state index in [-0.39, 0.29) is 0 Å². The Morgan fingerprint density at radius 1 is 1.19 bits per heavy atom. The first-order valence-corrected chi connectivity index (χ1v) is 10.5. The number of hydrogen-bond acceptors (Lipinski definition) is 3. The van der Waals surface area contributed by atoms with Crippen LogP contribution in [0.5, 0.6) is 5.75 Å². The zero-order valence-corrected chi connectivity index (χ0v) is 14.6. The van der Waals surface area contributed by atoms with Crippen molar-refractivity contribution < 1.29 is 4.43 Å². The number of hydrogen-bond donors (Lipinski definition) is 0. The van der Waals surface area contributed by atoms with Crippen LogP contribution in [0.2, 0.25) is 19.6 Å². The first-order chi connectivity index (χ1) is 9.76. The lowest BCUT2D eigenvalue weighted by Gasteiger charge is -2.20. The third-order valence-corrected chi connectivity index (χ3v) is 3.75. The van der Waals surface area contributed by atoms with Crippen molar-refractivity contribution in [2.24, 2.45) is 4.99 Å². The monoisotopic (exact) mass is 301 g/mol. The fourth-order valence-electron chi connectivity index (χ4n) is 2.14. The van der Waals surface area contributed by atoms with Gasteiger partial charge in [0, 0.05) is 6.20 Å². The second-order valence-corrected chi connectivity index (χ2v) is 10.6. The van der Waals surface area contributed by atoms with Crippen LogP contribution in [-0.4, -0.2) is 23.7 Å². The Morgan fingerprint density at radius 3 is 2.43 bits per heavy atom. The number of nitrogens with zero attached hydrogens (tertiary/aromatic N) is 3. The van der Waals surface area contributed by atoms with Crippen molar-refractivity contribution in [1.82, 2.24) is 9.55 Å². The summed E-state index contributed by atoms with van der Waals surface area (Å²) in [6.07, 6.45) is 2.00. The topological polar surface area (TPSA) is 39.4 Å². The van der Waals surface area contributed by atoms with Gasteiger partial charge in [0.05, 0.1) is 5.69 Å². The fraction of sp³-hybridized carbons (Fsp3) is 0.375. The second kappa shape index (κ2) is 5.85. The van der Waals surface area contributed by atoms with E-state index < -0.39 is 8.32 Å². The third-order valence-electron chi connectivity index (χ3n) is 2.92. The van der Waals surface area contributed by atoms with Gasteiger partial charge in [-0.1, -0.05) is 12.1 Å². The number of imidazole rings is 1. The van der Waals surface area contributed by atoms with Crippen molar-refractivity contribution in [3.63, 3.8) is 0 Å². The lowest BCUT2D eigenvalue weighted by Crippen LogP contribution is -2.29. The molecule has 2 aromatic rings. The molecule has 0 bridgehead atoms. The molecule has 0 atom stereocenters. The molecule has 0 N–H and O–H groups in total. The molecule has 1 heterocycles. The zero-order valence-electron chi connectivity index (χ0n) is 13.6. The van der Waals surface area contributed by atoms with Crippen molar-refractivity contribution in [2.75, 3.05) is 0 Å². The van der Waals surface area contributed by atoms with E-state index in [1.165, 1.54) is 0 Å². The molecule has 5 heteroatoms. The summed E-state index contributed by atoms with van der Waals surface area (Å²) in [5.74, 6) is 2.68. The van der Waals surface area contributed by atoms with E-state index in [9.17, 15) is 0 Å². The molecule has 0 aliphatic heterocycles. The molecule has 21 heavy (non-hydrogen) atoms. The molecule has 0 fully saturated rings. The van der Waals surface area contributed by atoms with Gasteiger partial charge in [0.2, 0.25) is 8.32 Å². The number of rotatable bonds is 3. The largest absolute Gasteiger partial charge is 0.543 e. The Morgan fingerprint density at radius 2 is 1.86 bits per heavy atom. The van der Waals surface area contributed by atoms with E-state index in [0.29, 0.717) is 0 Å². The van der Waals surface area contributed by atoms with Crippen LogP contribution in [0.25, 0.3) is 0 Å². The van der Waals surface area contributed by atoms with E-state index in [4.69, 9.17) is 9.42 Å². The lowest BCUT2D eigenvalue weighted by molar-refractivity contribution is 0.559. The van der Waals surface area contributed by atoms with Crippen molar-refractivity contribution in [3.8, 4) is 5.75 Å². The Balaban J connectivity index is 2.38. The smallest absolute Gasteiger partial charge is 0.242 e. The van der Waals surface area contributed by atoms with Gasteiger partial charge in [-0.15, -0.1) is 0 Å². The first-order valence-electron chi connectivity index (χ1n) is 7.12. The molecule has 0 aliphatic carbocycles. The minimum Gasteiger partial charge on any atom is -0.543 e. The maximum Gasteiger partial charge on any atom is 0.242 e. The summed E-state index contributed by atoms with van der Waals surface area (Å²) >= 11 is 0. The van der Waals surface area contributed by atoms with Gasteiger partial charge in [-0.25, -0.2) is 9.98 Å². The molecule has 0 unspecified atom stereocenters. The maximum atomic E-state index is 6.11. The van der Waals surface area contributed by atoms with Crippen LogP contribution in [0.15, 0.2) is 35.5 Å². The molecular weight excluding hydrogens is 278 g/mol. The van der Waals surface area contributed by atoms with E-state index in [1.807, 2.05) is 55.8 Å². The summed E-state index contributed by atoms with van der Waals surface area (Å²) < 4.78 is 8.11. The number of aryl methyl sites for hydroxylation is 2. The number of aliphatic imine (C=N–C) groups is 1. The van der Waals surface area contributed by atoms with Gasteiger partial charge in [-0.2, -0.15) is 0 Å². The fourth-order valence-corrected chi connectivity index (χ4v) is 2.97. The van der Waals surface area contributed by atoms with Crippen LogP contribution in [-0.2, 0) is 0 Å². The Bertz CT molecular complexity index is 668. The first kappa shape index (κ1) is 15.5. The van der Waals surface area contributed by atoms with Crippen LogP contribution >= 0.6 is 0 Å². The van der Waals surface area contributed by atoms with Gasteiger partial charge in [0.15, 0.2) is 0 Å². The highest BCUT2D eigenvalue weighted by Gasteiger charge is 2.18. The molecule has 0 radical (unpaired) electrons. The van der Waals surface area contributed by atoms with Crippen molar-refractivity contribution in [1.29, 1.82) is 0 Å². The average molecular weight is 301 g/mol. The molecular formula is C16H23N3OSi. The quantitative estimate of drug-likeness (QED) is 0.481. The summed E-state index contributed by atoms with van der Waals surface area (Å²) in [6, 6.07) is 7.93. The zero-order chi connectivity index (χ0) is 15.6. The van der Waals surface area contributed by atoms with Crippen molar-refractivity contribution in [3.05, 3.63) is 42.0 Å². The van der Waals surface area contributed by atoms with E-state index in [2.05, 4.69) is 24.6 Å². The Hall–Kier alpha value is -1.88. The molecule has 0 spiro atoms. The second-order valence-electron chi connectivity index (χ2n) is 6.14. The Labute approximate surface area is 127 Å². The molecule has 2 rings (SSSR count). The molecule has 0 amide bonds. The van der Waals surface area contributed by atoms with Gasteiger partial charge in [-0.3, -0.25) is 4.57 Å². The highest BCUT2D eigenvalue weighted by molar-refractivity contribution is 6.70. The Kier molecular flexibility index (Phi) is 4.32. The number of aromatic nitrogens is 2. The predicted molar refractivity (Wildman–Crippen MR) is 90.3 cm³/mol. The minimum atomic E-state index is -1.65. The molecule has 4 nitrogen and oxygen atoms in total. The molecule has 1 aromatic carbocycles. The molecule has 112 valence electrons. The number of para-hydroxylation sites is 2. The molecule has 1 aromatic heterocycles. The normalized spacial score (nSPS) is 12.6. The summed E-state index contributed by atoms with van der Waals surface area (Å²) in [5.41, 5.74) is 1.86. The van der Waals surface area contributed by atoms with Crippen molar-refractivity contribution >= 4 is 19.8 Å².